The van der Waals surface area contributed by atoms with Crippen molar-refractivity contribution in [1.82, 2.24) is 5.32 Å². The van der Waals surface area contributed by atoms with E-state index in [2.05, 4.69) is 17.0 Å². The summed E-state index contributed by atoms with van der Waals surface area (Å²) in [4.78, 5) is 11.4. The van der Waals surface area contributed by atoms with Crippen LogP contribution in [-0.4, -0.2) is 19.1 Å². The Labute approximate surface area is 101 Å². The molecule has 4 heteroatoms. The summed E-state index contributed by atoms with van der Waals surface area (Å²) in [6, 6.07) is 2.37. The first-order valence-corrected chi connectivity index (χ1v) is 6.10. The maximum atomic E-state index is 11.4. The predicted molar refractivity (Wildman–Crippen MR) is 63.7 cm³/mol. The molecule has 1 N–H and O–H groups in total. The highest BCUT2D eigenvalue weighted by molar-refractivity contribution is 5.87. The van der Waals surface area contributed by atoms with Gasteiger partial charge in [0.15, 0.2) is 0 Å². The van der Waals surface area contributed by atoms with E-state index in [0.717, 1.165) is 5.56 Å². The largest absolute Gasteiger partial charge is 0.463 e. The Kier molecular flexibility index (Phi) is 3.84. The number of hydrogen-bond donors (Lipinski definition) is 1. The van der Waals surface area contributed by atoms with Crippen molar-refractivity contribution in [1.29, 1.82) is 0 Å². The lowest BCUT2D eigenvalue weighted by Gasteiger charge is -2.16. The van der Waals surface area contributed by atoms with Crippen molar-refractivity contribution < 1.29 is 13.9 Å². The monoisotopic (exact) mass is 237 g/mol. The maximum Gasteiger partial charge on any atom is 0.374 e. The molecule has 94 valence electrons. The van der Waals surface area contributed by atoms with Gasteiger partial charge in [-0.2, -0.15) is 0 Å². The standard InChI is InChI=1S/C13H19NO3/c1-9-4-3-5-11(9)14-8-10-6-7-17-12(10)13(15)16-2/h6-7,9,11,14H,3-5,8H2,1-2H3. The molecule has 1 aliphatic rings. The number of rotatable bonds is 4. The fraction of sp³-hybridized carbons (Fsp3) is 0.615. The molecule has 2 rings (SSSR count). The van der Waals surface area contributed by atoms with Crippen molar-refractivity contribution in [3.63, 3.8) is 0 Å². The SMILES string of the molecule is COC(=O)c1occc1CNC1CCCC1C. The van der Waals surface area contributed by atoms with Crippen LogP contribution in [0.4, 0.5) is 0 Å². The smallest absolute Gasteiger partial charge is 0.374 e. The highest BCUT2D eigenvalue weighted by atomic mass is 16.5. The van der Waals surface area contributed by atoms with Gasteiger partial charge in [0.25, 0.3) is 0 Å². The number of methoxy groups -OCH3 is 1. The lowest BCUT2D eigenvalue weighted by Crippen LogP contribution is -2.30. The molecular weight excluding hydrogens is 218 g/mol. The second-order valence-electron chi connectivity index (χ2n) is 4.66. The Morgan fingerprint density at radius 2 is 2.41 bits per heavy atom. The molecule has 1 aliphatic carbocycles. The topological polar surface area (TPSA) is 51.5 Å². The molecule has 1 saturated carbocycles. The van der Waals surface area contributed by atoms with E-state index in [1.54, 1.807) is 0 Å². The van der Waals surface area contributed by atoms with E-state index in [1.165, 1.54) is 32.6 Å². The minimum Gasteiger partial charge on any atom is -0.463 e. The third kappa shape index (κ3) is 2.69. The van der Waals surface area contributed by atoms with E-state index < -0.39 is 5.97 Å². The maximum absolute atomic E-state index is 11.4. The lowest BCUT2D eigenvalue weighted by atomic mass is 10.1. The molecule has 1 fully saturated rings. The van der Waals surface area contributed by atoms with Crippen molar-refractivity contribution in [3.8, 4) is 0 Å². The van der Waals surface area contributed by atoms with Gasteiger partial charge in [0.1, 0.15) is 0 Å². The van der Waals surface area contributed by atoms with Crippen LogP contribution in [0.5, 0.6) is 0 Å². The number of furan rings is 1. The highest BCUT2D eigenvalue weighted by Crippen LogP contribution is 2.25. The van der Waals surface area contributed by atoms with Crippen LogP contribution in [-0.2, 0) is 11.3 Å². The predicted octanol–water partition coefficient (Wildman–Crippen LogP) is 2.34. The summed E-state index contributed by atoms with van der Waals surface area (Å²) >= 11 is 0. The Balaban J connectivity index is 1.95. The first-order valence-electron chi connectivity index (χ1n) is 6.10. The fourth-order valence-electron chi connectivity index (χ4n) is 2.44. The zero-order chi connectivity index (χ0) is 12.3. The van der Waals surface area contributed by atoms with Crippen LogP contribution in [0.3, 0.4) is 0 Å². The van der Waals surface area contributed by atoms with Crippen LogP contribution in [0.25, 0.3) is 0 Å². The molecule has 0 aliphatic heterocycles. The van der Waals surface area contributed by atoms with Gasteiger partial charge in [-0.1, -0.05) is 13.3 Å². The Bertz CT molecular complexity index is 386. The van der Waals surface area contributed by atoms with Crippen LogP contribution < -0.4 is 5.32 Å². The molecule has 2 unspecified atom stereocenters. The van der Waals surface area contributed by atoms with E-state index >= 15 is 0 Å². The molecule has 1 heterocycles. The van der Waals surface area contributed by atoms with Gasteiger partial charge in [0.2, 0.25) is 5.76 Å². The quantitative estimate of drug-likeness (QED) is 0.817. The number of nitrogens with one attached hydrogen (secondary N) is 1. The fourth-order valence-corrected chi connectivity index (χ4v) is 2.44. The summed E-state index contributed by atoms with van der Waals surface area (Å²) < 4.78 is 9.81. The summed E-state index contributed by atoms with van der Waals surface area (Å²) in [5.41, 5.74) is 0.871. The summed E-state index contributed by atoms with van der Waals surface area (Å²) in [6.07, 6.45) is 5.31. The van der Waals surface area contributed by atoms with Crippen LogP contribution in [0.1, 0.15) is 42.3 Å². The minimum atomic E-state index is -0.411. The Hall–Kier alpha value is -1.29. The third-order valence-electron chi connectivity index (χ3n) is 3.53. The lowest BCUT2D eigenvalue weighted by molar-refractivity contribution is 0.0563. The summed E-state index contributed by atoms with van der Waals surface area (Å²) in [6.45, 7) is 2.93. The molecule has 0 bridgehead atoms. The molecule has 0 amide bonds. The number of ether oxygens (including phenoxy) is 1. The van der Waals surface area contributed by atoms with Crippen LogP contribution in [0.2, 0.25) is 0 Å². The van der Waals surface area contributed by atoms with Gasteiger partial charge in [-0.3, -0.25) is 0 Å². The number of carbonyl (C=O) groups is 1. The molecular formula is C13H19NO3. The molecule has 0 aromatic carbocycles. The van der Waals surface area contributed by atoms with Crippen molar-refractivity contribution >= 4 is 5.97 Å². The van der Waals surface area contributed by atoms with Gasteiger partial charge in [0, 0.05) is 18.2 Å². The van der Waals surface area contributed by atoms with Crippen molar-refractivity contribution in [2.75, 3.05) is 7.11 Å². The first kappa shape index (κ1) is 12.2. The normalized spacial score (nSPS) is 23.9. The van der Waals surface area contributed by atoms with E-state index in [9.17, 15) is 4.79 Å². The van der Waals surface area contributed by atoms with Crippen LogP contribution in [0, 0.1) is 5.92 Å². The number of carbonyl (C=O) groups excluding carboxylic acids is 1. The second-order valence-corrected chi connectivity index (χ2v) is 4.66. The van der Waals surface area contributed by atoms with Gasteiger partial charge < -0.3 is 14.5 Å². The van der Waals surface area contributed by atoms with Crippen LogP contribution >= 0.6 is 0 Å². The Morgan fingerprint density at radius 1 is 1.59 bits per heavy atom. The molecule has 1 aromatic rings. The van der Waals surface area contributed by atoms with Gasteiger partial charge in [-0.25, -0.2) is 4.79 Å². The molecule has 0 radical (unpaired) electrons. The molecule has 1 aromatic heterocycles. The molecule has 4 nitrogen and oxygen atoms in total. The third-order valence-corrected chi connectivity index (χ3v) is 3.53. The van der Waals surface area contributed by atoms with Gasteiger partial charge in [0.05, 0.1) is 13.4 Å². The molecule has 0 spiro atoms. The molecule has 2 atom stereocenters. The average molecular weight is 237 g/mol. The summed E-state index contributed by atoms with van der Waals surface area (Å²) in [5.74, 6) is 0.611. The zero-order valence-electron chi connectivity index (χ0n) is 10.4. The van der Waals surface area contributed by atoms with E-state index in [0.29, 0.717) is 24.3 Å². The molecule has 0 saturated heterocycles. The summed E-state index contributed by atoms with van der Waals surface area (Å²) in [7, 11) is 1.36. The van der Waals surface area contributed by atoms with Gasteiger partial charge in [-0.05, 0) is 24.8 Å². The van der Waals surface area contributed by atoms with E-state index in [4.69, 9.17) is 4.42 Å². The summed E-state index contributed by atoms with van der Waals surface area (Å²) in [5, 5.41) is 3.49. The van der Waals surface area contributed by atoms with Crippen molar-refractivity contribution in [2.45, 2.75) is 38.8 Å². The van der Waals surface area contributed by atoms with Crippen LogP contribution in [0.15, 0.2) is 16.7 Å². The van der Waals surface area contributed by atoms with E-state index in [1.807, 2.05) is 6.07 Å². The number of hydrogen-bond acceptors (Lipinski definition) is 4. The van der Waals surface area contributed by atoms with E-state index in [-0.39, 0.29) is 0 Å². The van der Waals surface area contributed by atoms with Crippen molar-refractivity contribution in [2.24, 2.45) is 5.92 Å². The van der Waals surface area contributed by atoms with Gasteiger partial charge >= 0.3 is 5.97 Å². The molecule has 17 heavy (non-hydrogen) atoms. The average Bonchev–Trinajstić information content (AvgIpc) is 2.94. The minimum absolute atomic E-state index is 0.311. The number of esters is 1. The zero-order valence-corrected chi connectivity index (χ0v) is 10.4. The van der Waals surface area contributed by atoms with Gasteiger partial charge in [-0.15, -0.1) is 0 Å². The van der Waals surface area contributed by atoms with Crippen molar-refractivity contribution in [3.05, 3.63) is 23.7 Å². The first-order chi connectivity index (χ1) is 8.22. The second kappa shape index (κ2) is 5.36. The highest BCUT2D eigenvalue weighted by Gasteiger charge is 2.23. The Morgan fingerprint density at radius 3 is 3.06 bits per heavy atom.